The van der Waals surface area contributed by atoms with Crippen molar-refractivity contribution < 1.29 is 9.53 Å². The summed E-state index contributed by atoms with van der Waals surface area (Å²) in [6.45, 7) is 7.43. The third-order valence-electron chi connectivity index (χ3n) is 2.66. The minimum absolute atomic E-state index is 0.122. The van der Waals surface area contributed by atoms with E-state index < -0.39 is 0 Å². The molecule has 1 rings (SSSR count). The van der Waals surface area contributed by atoms with E-state index in [1.165, 1.54) is 11.1 Å². The maximum atomic E-state index is 11.2. The fourth-order valence-electron chi connectivity index (χ4n) is 1.63. The highest BCUT2D eigenvalue weighted by Gasteiger charge is 2.02. The lowest BCUT2D eigenvalue weighted by Gasteiger charge is -2.08. The molecule has 0 aliphatic heterocycles. The molecule has 0 aromatic heterocycles. The van der Waals surface area contributed by atoms with Crippen LogP contribution in [0, 0.1) is 0 Å². The summed E-state index contributed by atoms with van der Waals surface area (Å²) in [5, 5.41) is 3.37. The summed E-state index contributed by atoms with van der Waals surface area (Å²) < 4.78 is 4.90. The molecule has 0 heterocycles. The first-order valence-corrected chi connectivity index (χ1v) is 6.58. The highest BCUT2D eigenvalue weighted by atomic mass is 16.5. The number of hydrogen-bond donors (Lipinski definition) is 1. The molecule has 0 radical (unpaired) electrons. The molecule has 0 aliphatic rings. The van der Waals surface area contributed by atoms with Crippen LogP contribution in [0.4, 0.5) is 0 Å². The SMILES string of the molecule is CCOC(=O)CCc1ccc(CNC(C)C)cc1. The van der Waals surface area contributed by atoms with Crippen LogP contribution in [0.2, 0.25) is 0 Å². The Hall–Kier alpha value is -1.35. The van der Waals surface area contributed by atoms with Crippen LogP contribution in [0.25, 0.3) is 0 Å². The predicted octanol–water partition coefficient (Wildman–Crippen LogP) is 2.68. The van der Waals surface area contributed by atoms with Gasteiger partial charge >= 0.3 is 5.97 Å². The standard InChI is InChI=1S/C15H23NO2/c1-4-18-15(17)10-9-13-5-7-14(8-6-13)11-16-12(2)3/h5-8,12,16H,4,9-11H2,1-3H3. The molecule has 0 fully saturated rings. The Labute approximate surface area is 110 Å². The van der Waals surface area contributed by atoms with E-state index in [0.717, 1.165) is 13.0 Å². The molecular weight excluding hydrogens is 226 g/mol. The van der Waals surface area contributed by atoms with Crippen molar-refractivity contribution in [1.29, 1.82) is 0 Å². The lowest BCUT2D eigenvalue weighted by Crippen LogP contribution is -2.21. The third-order valence-corrected chi connectivity index (χ3v) is 2.66. The molecule has 0 atom stereocenters. The van der Waals surface area contributed by atoms with Crippen LogP contribution in [0.15, 0.2) is 24.3 Å². The molecule has 1 aromatic carbocycles. The monoisotopic (exact) mass is 249 g/mol. The second-order valence-corrected chi connectivity index (χ2v) is 4.66. The van der Waals surface area contributed by atoms with Crippen molar-refractivity contribution >= 4 is 5.97 Å². The number of esters is 1. The van der Waals surface area contributed by atoms with Crippen LogP contribution in [-0.4, -0.2) is 18.6 Å². The van der Waals surface area contributed by atoms with Crippen LogP contribution in [0.1, 0.15) is 38.3 Å². The third kappa shape index (κ3) is 5.82. The van der Waals surface area contributed by atoms with Crippen LogP contribution in [-0.2, 0) is 22.5 Å². The Morgan fingerprint density at radius 1 is 1.22 bits per heavy atom. The van der Waals surface area contributed by atoms with Gasteiger partial charge in [0.15, 0.2) is 0 Å². The van der Waals surface area contributed by atoms with Gasteiger partial charge in [-0.15, -0.1) is 0 Å². The van der Waals surface area contributed by atoms with E-state index >= 15 is 0 Å². The number of rotatable bonds is 7. The molecule has 3 nitrogen and oxygen atoms in total. The Kier molecular flexibility index (Phi) is 6.44. The molecule has 0 aliphatic carbocycles. The first kappa shape index (κ1) is 14.7. The van der Waals surface area contributed by atoms with Crippen LogP contribution < -0.4 is 5.32 Å². The molecule has 100 valence electrons. The highest BCUT2D eigenvalue weighted by Crippen LogP contribution is 2.07. The summed E-state index contributed by atoms with van der Waals surface area (Å²) in [7, 11) is 0. The van der Waals surface area contributed by atoms with Crippen LogP contribution >= 0.6 is 0 Å². The lowest BCUT2D eigenvalue weighted by molar-refractivity contribution is -0.143. The average molecular weight is 249 g/mol. The molecule has 0 saturated heterocycles. The van der Waals surface area contributed by atoms with Crippen LogP contribution in [0.5, 0.6) is 0 Å². The zero-order valence-electron chi connectivity index (χ0n) is 11.5. The topological polar surface area (TPSA) is 38.3 Å². The Balaban J connectivity index is 2.38. The largest absolute Gasteiger partial charge is 0.466 e. The Morgan fingerprint density at radius 3 is 2.39 bits per heavy atom. The molecule has 1 N–H and O–H groups in total. The van der Waals surface area contributed by atoms with E-state index in [-0.39, 0.29) is 5.97 Å². The minimum Gasteiger partial charge on any atom is -0.466 e. The molecule has 3 heteroatoms. The summed E-state index contributed by atoms with van der Waals surface area (Å²) >= 11 is 0. The van der Waals surface area contributed by atoms with E-state index in [4.69, 9.17) is 4.74 Å². The Morgan fingerprint density at radius 2 is 1.83 bits per heavy atom. The van der Waals surface area contributed by atoms with Gasteiger partial charge in [-0.25, -0.2) is 0 Å². The van der Waals surface area contributed by atoms with Gasteiger partial charge in [-0.3, -0.25) is 4.79 Å². The second-order valence-electron chi connectivity index (χ2n) is 4.66. The van der Waals surface area contributed by atoms with E-state index in [2.05, 4.69) is 43.4 Å². The van der Waals surface area contributed by atoms with Crippen molar-refractivity contribution in [3.05, 3.63) is 35.4 Å². The summed E-state index contributed by atoms with van der Waals surface area (Å²) in [6.07, 6.45) is 1.20. The normalized spacial score (nSPS) is 10.7. The zero-order chi connectivity index (χ0) is 13.4. The van der Waals surface area contributed by atoms with Gasteiger partial charge in [-0.05, 0) is 24.5 Å². The maximum absolute atomic E-state index is 11.2. The molecule has 0 saturated carbocycles. The number of hydrogen-bond acceptors (Lipinski definition) is 3. The highest BCUT2D eigenvalue weighted by molar-refractivity contribution is 5.69. The average Bonchev–Trinajstić information content (AvgIpc) is 2.35. The zero-order valence-corrected chi connectivity index (χ0v) is 11.5. The number of aryl methyl sites for hydroxylation is 1. The molecule has 0 amide bonds. The van der Waals surface area contributed by atoms with E-state index in [1.54, 1.807) is 0 Å². The van der Waals surface area contributed by atoms with E-state index in [9.17, 15) is 4.79 Å². The van der Waals surface area contributed by atoms with Gasteiger partial charge in [0.2, 0.25) is 0 Å². The number of benzene rings is 1. The van der Waals surface area contributed by atoms with Crippen molar-refractivity contribution in [3.63, 3.8) is 0 Å². The van der Waals surface area contributed by atoms with Crippen molar-refractivity contribution in [2.75, 3.05) is 6.61 Å². The second kappa shape index (κ2) is 7.88. The van der Waals surface area contributed by atoms with Crippen molar-refractivity contribution in [1.82, 2.24) is 5.32 Å². The van der Waals surface area contributed by atoms with E-state index in [1.807, 2.05) is 6.92 Å². The first-order valence-electron chi connectivity index (χ1n) is 6.58. The predicted molar refractivity (Wildman–Crippen MR) is 73.4 cm³/mol. The summed E-state index contributed by atoms with van der Waals surface area (Å²) in [4.78, 5) is 11.2. The van der Waals surface area contributed by atoms with Gasteiger partial charge in [0.05, 0.1) is 6.61 Å². The van der Waals surface area contributed by atoms with Gasteiger partial charge in [0, 0.05) is 19.0 Å². The number of nitrogens with one attached hydrogen (secondary N) is 1. The minimum atomic E-state index is -0.122. The molecule has 1 aromatic rings. The van der Waals surface area contributed by atoms with Gasteiger partial charge in [0.1, 0.15) is 0 Å². The molecular formula is C15H23NO2. The summed E-state index contributed by atoms with van der Waals surface area (Å²) in [5.74, 6) is -0.122. The Bertz CT molecular complexity index is 357. The molecule has 18 heavy (non-hydrogen) atoms. The lowest BCUT2D eigenvalue weighted by atomic mass is 10.1. The molecule has 0 bridgehead atoms. The van der Waals surface area contributed by atoms with Gasteiger partial charge in [-0.2, -0.15) is 0 Å². The first-order chi connectivity index (χ1) is 8.61. The smallest absolute Gasteiger partial charge is 0.306 e. The fourth-order valence-corrected chi connectivity index (χ4v) is 1.63. The van der Waals surface area contributed by atoms with Crippen molar-refractivity contribution in [2.24, 2.45) is 0 Å². The van der Waals surface area contributed by atoms with Crippen molar-refractivity contribution in [2.45, 2.75) is 46.2 Å². The number of carbonyl (C=O) groups is 1. The molecule has 0 spiro atoms. The van der Waals surface area contributed by atoms with Gasteiger partial charge in [-0.1, -0.05) is 38.1 Å². The molecule has 0 unspecified atom stereocenters. The van der Waals surface area contributed by atoms with Crippen LogP contribution in [0.3, 0.4) is 0 Å². The number of ether oxygens (including phenoxy) is 1. The number of carbonyl (C=O) groups excluding carboxylic acids is 1. The van der Waals surface area contributed by atoms with E-state index in [0.29, 0.717) is 19.1 Å². The summed E-state index contributed by atoms with van der Waals surface area (Å²) in [5.41, 5.74) is 2.44. The van der Waals surface area contributed by atoms with Crippen molar-refractivity contribution in [3.8, 4) is 0 Å². The fraction of sp³-hybridized carbons (Fsp3) is 0.533. The quantitative estimate of drug-likeness (QED) is 0.755. The summed E-state index contributed by atoms with van der Waals surface area (Å²) in [6, 6.07) is 8.87. The van der Waals surface area contributed by atoms with Gasteiger partial charge in [0.25, 0.3) is 0 Å². The van der Waals surface area contributed by atoms with Gasteiger partial charge < -0.3 is 10.1 Å². The maximum Gasteiger partial charge on any atom is 0.306 e.